The van der Waals surface area contributed by atoms with Gasteiger partial charge in [-0.25, -0.2) is 9.59 Å². The van der Waals surface area contributed by atoms with Crippen LogP contribution < -0.4 is 4.74 Å². The van der Waals surface area contributed by atoms with Crippen molar-refractivity contribution < 1.29 is 45.4 Å². The number of carbonyl (C=O) groups is 2. The van der Waals surface area contributed by atoms with E-state index in [9.17, 15) is 35.9 Å². The number of aryl methyl sites for hydroxylation is 2. The standard InChI is InChI=1S/C23H24F6O4/c1-11-9-13(32-19(30)22(24,25)26)10-12-3-4-14-15(18(11)12)7-8-21(2)16(14)5-6-17(21)33-20(31)23(27,28)29/h9-10,14-17H,3-8H2,1-2H3. The van der Waals surface area contributed by atoms with Gasteiger partial charge in [0.1, 0.15) is 11.9 Å². The maximum absolute atomic E-state index is 12.7. The van der Waals surface area contributed by atoms with Crippen molar-refractivity contribution in [1.82, 2.24) is 0 Å². The highest BCUT2D eigenvalue weighted by molar-refractivity contribution is 5.78. The monoisotopic (exact) mass is 478 g/mol. The Hall–Kier alpha value is -2.26. The molecule has 5 unspecified atom stereocenters. The fourth-order valence-electron chi connectivity index (χ4n) is 6.51. The number of rotatable bonds is 2. The summed E-state index contributed by atoms with van der Waals surface area (Å²) >= 11 is 0. The molecular weight excluding hydrogens is 454 g/mol. The lowest BCUT2D eigenvalue weighted by atomic mass is 9.55. The third-order valence-electron chi connectivity index (χ3n) is 7.84. The highest BCUT2D eigenvalue weighted by Gasteiger charge is 2.57. The SMILES string of the molecule is Cc1cc(OC(=O)C(F)(F)F)cc2c1C1CCC3(C)C(OC(=O)C(F)(F)F)CCC3C1CC2. The van der Waals surface area contributed by atoms with Gasteiger partial charge in [-0.3, -0.25) is 0 Å². The van der Waals surface area contributed by atoms with Gasteiger partial charge in [0.25, 0.3) is 0 Å². The van der Waals surface area contributed by atoms with Crippen LogP contribution in [0, 0.1) is 24.2 Å². The molecule has 33 heavy (non-hydrogen) atoms. The largest absolute Gasteiger partial charge is 0.491 e. The molecule has 3 aliphatic carbocycles. The second-order valence-corrected chi connectivity index (χ2v) is 9.63. The fourth-order valence-corrected chi connectivity index (χ4v) is 6.51. The molecule has 5 atom stereocenters. The topological polar surface area (TPSA) is 52.6 Å². The van der Waals surface area contributed by atoms with Crippen LogP contribution in [0.25, 0.3) is 0 Å². The predicted octanol–water partition coefficient (Wildman–Crippen LogP) is 5.79. The fraction of sp³-hybridized carbons (Fsp3) is 0.652. The minimum absolute atomic E-state index is 0.0811. The molecule has 0 heterocycles. The summed E-state index contributed by atoms with van der Waals surface area (Å²) in [5.74, 6) is -4.20. The molecule has 4 rings (SSSR count). The maximum Gasteiger partial charge on any atom is 0.491 e. The van der Waals surface area contributed by atoms with Crippen LogP contribution in [0.5, 0.6) is 5.75 Å². The number of halogens is 6. The smallest absolute Gasteiger partial charge is 0.455 e. The first-order valence-electron chi connectivity index (χ1n) is 10.9. The minimum atomic E-state index is -5.09. The third-order valence-corrected chi connectivity index (χ3v) is 7.84. The van der Waals surface area contributed by atoms with Gasteiger partial charge in [-0.2, -0.15) is 26.3 Å². The van der Waals surface area contributed by atoms with Crippen LogP contribution in [-0.2, 0) is 20.7 Å². The van der Waals surface area contributed by atoms with Crippen molar-refractivity contribution in [2.75, 3.05) is 0 Å². The van der Waals surface area contributed by atoms with E-state index in [2.05, 4.69) is 4.74 Å². The highest BCUT2D eigenvalue weighted by Crippen LogP contribution is 2.62. The average molecular weight is 478 g/mol. The summed E-state index contributed by atoms with van der Waals surface area (Å²) in [5.41, 5.74) is 2.04. The van der Waals surface area contributed by atoms with Gasteiger partial charge in [-0.05, 0) is 92.0 Å². The van der Waals surface area contributed by atoms with E-state index in [1.54, 1.807) is 6.92 Å². The minimum Gasteiger partial charge on any atom is -0.455 e. The summed E-state index contributed by atoms with van der Waals surface area (Å²) < 4.78 is 85.3. The summed E-state index contributed by atoms with van der Waals surface area (Å²) in [4.78, 5) is 22.7. The quantitative estimate of drug-likeness (QED) is 0.307. The molecular formula is C23H24F6O4. The van der Waals surface area contributed by atoms with Gasteiger partial charge in [-0.1, -0.05) is 6.92 Å². The molecule has 4 nitrogen and oxygen atoms in total. The highest BCUT2D eigenvalue weighted by atomic mass is 19.4. The Bertz CT molecular complexity index is 969. The third kappa shape index (κ3) is 4.21. The zero-order chi connectivity index (χ0) is 24.3. The molecule has 0 spiro atoms. The lowest BCUT2D eigenvalue weighted by molar-refractivity contribution is -0.211. The number of hydrogen-bond acceptors (Lipinski definition) is 4. The van der Waals surface area contributed by atoms with E-state index in [0.717, 1.165) is 16.7 Å². The first-order valence-corrected chi connectivity index (χ1v) is 10.9. The van der Waals surface area contributed by atoms with E-state index >= 15 is 0 Å². The molecule has 0 saturated heterocycles. The Morgan fingerprint density at radius 3 is 2.27 bits per heavy atom. The summed E-state index contributed by atoms with van der Waals surface area (Å²) in [6.07, 6.45) is -7.33. The molecule has 0 radical (unpaired) electrons. The first-order chi connectivity index (χ1) is 15.2. The van der Waals surface area contributed by atoms with Crippen LogP contribution in [0.4, 0.5) is 26.3 Å². The average Bonchev–Trinajstić information content (AvgIpc) is 3.02. The normalized spacial score (nSPS) is 31.3. The van der Waals surface area contributed by atoms with Crippen LogP contribution in [0.3, 0.4) is 0 Å². The van der Waals surface area contributed by atoms with Gasteiger partial charge in [0.2, 0.25) is 0 Å². The van der Waals surface area contributed by atoms with E-state index in [-0.39, 0.29) is 23.5 Å². The summed E-state index contributed by atoms with van der Waals surface area (Å²) in [6, 6.07) is 2.92. The van der Waals surface area contributed by atoms with Crippen LogP contribution in [-0.4, -0.2) is 30.4 Å². The number of carbonyl (C=O) groups excluding carboxylic acids is 2. The van der Waals surface area contributed by atoms with Gasteiger partial charge >= 0.3 is 24.3 Å². The molecule has 0 aliphatic heterocycles. The van der Waals surface area contributed by atoms with Crippen LogP contribution in [0.15, 0.2) is 12.1 Å². The second kappa shape index (κ2) is 7.91. The van der Waals surface area contributed by atoms with Crippen molar-refractivity contribution in [3.63, 3.8) is 0 Å². The van der Waals surface area contributed by atoms with Crippen LogP contribution in [0.1, 0.15) is 61.6 Å². The number of benzene rings is 1. The zero-order valence-corrected chi connectivity index (χ0v) is 18.1. The van der Waals surface area contributed by atoms with Gasteiger partial charge < -0.3 is 9.47 Å². The number of alkyl halides is 6. The van der Waals surface area contributed by atoms with E-state index in [0.29, 0.717) is 38.5 Å². The Balaban J connectivity index is 1.56. The van der Waals surface area contributed by atoms with E-state index in [1.807, 2.05) is 6.92 Å². The van der Waals surface area contributed by atoms with Crippen LogP contribution >= 0.6 is 0 Å². The zero-order valence-electron chi connectivity index (χ0n) is 18.1. The number of fused-ring (bicyclic) bond motifs is 5. The van der Waals surface area contributed by atoms with Crippen molar-refractivity contribution in [2.45, 2.75) is 76.7 Å². The van der Waals surface area contributed by atoms with E-state index in [1.165, 1.54) is 12.1 Å². The van der Waals surface area contributed by atoms with Crippen LogP contribution in [0.2, 0.25) is 0 Å². The van der Waals surface area contributed by atoms with E-state index < -0.39 is 35.8 Å². The maximum atomic E-state index is 12.7. The molecule has 1 aromatic rings. The molecule has 2 saturated carbocycles. The predicted molar refractivity (Wildman–Crippen MR) is 103 cm³/mol. The molecule has 0 aromatic heterocycles. The molecule has 0 N–H and O–H groups in total. The molecule has 2 fully saturated rings. The van der Waals surface area contributed by atoms with Crippen molar-refractivity contribution in [3.8, 4) is 5.75 Å². The molecule has 182 valence electrons. The lowest BCUT2D eigenvalue weighted by Crippen LogP contribution is -2.46. The lowest BCUT2D eigenvalue weighted by Gasteiger charge is -2.50. The number of ether oxygens (including phenoxy) is 2. The van der Waals surface area contributed by atoms with Gasteiger partial charge in [0.05, 0.1) is 0 Å². The van der Waals surface area contributed by atoms with E-state index in [4.69, 9.17) is 4.74 Å². The summed E-state index contributed by atoms with van der Waals surface area (Å²) in [7, 11) is 0. The van der Waals surface area contributed by atoms with Gasteiger partial charge in [-0.15, -0.1) is 0 Å². The molecule has 0 amide bonds. The van der Waals surface area contributed by atoms with Crippen molar-refractivity contribution in [3.05, 3.63) is 28.8 Å². The Morgan fingerprint density at radius 1 is 0.970 bits per heavy atom. The number of hydrogen-bond donors (Lipinski definition) is 0. The van der Waals surface area contributed by atoms with Crippen molar-refractivity contribution >= 4 is 11.9 Å². The Morgan fingerprint density at radius 2 is 1.64 bits per heavy atom. The van der Waals surface area contributed by atoms with Gasteiger partial charge in [0.15, 0.2) is 0 Å². The summed E-state index contributed by atoms with van der Waals surface area (Å²) in [5, 5.41) is 0. The second-order valence-electron chi connectivity index (χ2n) is 9.63. The molecule has 0 bridgehead atoms. The molecule has 10 heteroatoms. The van der Waals surface area contributed by atoms with Crippen molar-refractivity contribution in [2.24, 2.45) is 17.3 Å². The Kier molecular flexibility index (Phi) is 5.72. The molecule has 1 aromatic carbocycles. The van der Waals surface area contributed by atoms with Gasteiger partial charge in [0, 0.05) is 5.41 Å². The summed E-state index contributed by atoms with van der Waals surface area (Å²) in [6.45, 7) is 3.67. The first kappa shape index (κ1) is 23.9. The van der Waals surface area contributed by atoms with Crippen molar-refractivity contribution in [1.29, 1.82) is 0 Å². The Labute approximate surface area is 186 Å². The number of esters is 2. The molecule has 3 aliphatic rings.